The number of ether oxygens (including phenoxy) is 1. The SMILES string of the molecule is O=c1[nH]c(=O)c2ccc(OCCCN3CCCCC3)cc2[nH]1. The number of likely N-dealkylation sites (tertiary alicyclic amines) is 1. The molecule has 6 nitrogen and oxygen atoms in total. The molecule has 0 atom stereocenters. The van der Waals surface area contributed by atoms with Gasteiger partial charge in [0.15, 0.2) is 0 Å². The Kier molecular flexibility index (Phi) is 4.58. The molecule has 0 unspecified atom stereocenters. The molecule has 0 saturated carbocycles. The molecule has 3 rings (SSSR count). The molecular weight excluding hydrogens is 282 g/mol. The van der Waals surface area contributed by atoms with E-state index in [0.29, 0.717) is 23.3 Å². The Morgan fingerprint density at radius 2 is 1.91 bits per heavy atom. The van der Waals surface area contributed by atoms with Crippen LogP contribution in [0.1, 0.15) is 25.7 Å². The highest BCUT2D eigenvalue weighted by atomic mass is 16.5. The van der Waals surface area contributed by atoms with E-state index in [0.717, 1.165) is 13.0 Å². The van der Waals surface area contributed by atoms with Crippen molar-refractivity contribution in [3.8, 4) is 5.75 Å². The molecule has 1 aliphatic heterocycles. The first-order valence-corrected chi connectivity index (χ1v) is 7.84. The molecule has 2 heterocycles. The Morgan fingerprint density at radius 3 is 2.73 bits per heavy atom. The van der Waals surface area contributed by atoms with Crippen LogP contribution in [0.15, 0.2) is 27.8 Å². The third kappa shape index (κ3) is 3.57. The third-order valence-corrected chi connectivity index (χ3v) is 4.05. The number of aromatic nitrogens is 2. The summed E-state index contributed by atoms with van der Waals surface area (Å²) in [6, 6.07) is 5.13. The lowest BCUT2D eigenvalue weighted by Gasteiger charge is -2.26. The zero-order valence-corrected chi connectivity index (χ0v) is 12.6. The highest BCUT2D eigenvalue weighted by Crippen LogP contribution is 2.16. The smallest absolute Gasteiger partial charge is 0.326 e. The first kappa shape index (κ1) is 14.8. The lowest BCUT2D eigenvalue weighted by Crippen LogP contribution is -2.31. The number of fused-ring (bicyclic) bond motifs is 1. The Morgan fingerprint density at radius 1 is 1.09 bits per heavy atom. The summed E-state index contributed by atoms with van der Waals surface area (Å²) in [7, 11) is 0. The maximum atomic E-state index is 11.6. The summed E-state index contributed by atoms with van der Waals surface area (Å²) in [6.45, 7) is 4.08. The molecule has 0 bridgehead atoms. The fraction of sp³-hybridized carbons (Fsp3) is 0.500. The van der Waals surface area contributed by atoms with Crippen LogP contribution >= 0.6 is 0 Å². The molecule has 1 fully saturated rings. The van der Waals surface area contributed by atoms with Crippen molar-refractivity contribution in [2.75, 3.05) is 26.2 Å². The molecule has 118 valence electrons. The fourth-order valence-corrected chi connectivity index (χ4v) is 2.90. The predicted molar refractivity (Wildman–Crippen MR) is 85.6 cm³/mol. The Hall–Kier alpha value is -2.08. The first-order chi connectivity index (χ1) is 10.7. The summed E-state index contributed by atoms with van der Waals surface area (Å²) in [4.78, 5) is 30.2. The van der Waals surface area contributed by atoms with Gasteiger partial charge in [-0.3, -0.25) is 9.78 Å². The molecule has 2 aromatic rings. The molecule has 0 radical (unpaired) electrons. The highest BCUT2D eigenvalue weighted by Gasteiger charge is 2.09. The zero-order chi connectivity index (χ0) is 15.4. The number of benzene rings is 1. The van der Waals surface area contributed by atoms with Crippen molar-refractivity contribution in [3.05, 3.63) is 39.0 Å². The van der Waals surface area contributed by atoms with Crippen molar-refractivity contribution >= 4 is 10.9 Å². The quantitative estimate of drug-likeness (QED) is 0.820. The van der Waals surface area contributed by atoms with Gasteiger partial charge < -0.3 is 14.6 Å². The van der Waals surface area contributed by atoms with Crippen molar-refractivity contribution in [1.29, 1.82) is 0 Å². The Labute approximate surface area is 128 Å². The normalized spacial score (nSPS) is 16.0. The van der Waals surface area contributed by atoms with Gasteiger partial charge in [-0.15, -0.1) is 0 Å². The van der Waals surface area contributed by atoms with E-state index in [2.05, 4.69) is 14.9 Å². The second-order valence-corrected chi connectivity index (χ2v) is 5.72. The fourth-order valence-electron chi connectivity index (χ4n) is 2.90. The molecule has 0 spiro atoms. The number of nitrogens with zero attached hydrogens (tertiary/aromatic N) is 1. The van der Waals surface area contributed by atoms with E-state index < -0.39 is 5.69 Å². The van der Waals surface area contributed by atoms with Crippen LogP contribution in [-0.2, 0) is 0 Å². The van der Waals surface area contributed by atoms with Gasteiger partial charge in [-0.05, 0) is 44.5 Å². The van der Waals surface area contributed by atoms with E-state index in [4.69, 9.17) is 4.74 Å². The maximum absolute atomic E-state index is 11.6. The molecule has 0 aliphatic carbocycles. The predicted octanol–water partition coefficient (Wildman–Crippen LogP) is 1.47. The van der Waals surface area contributed by atoms with Crippen LogP contribution in [0.5, 0.6) is 5.75 Å². The Bertz CT molecular complexity index is 744. The minimum atomic E-state index is -0.500. The van der Waals surface area contributed by atoms with Crippen molar-refractivity contribution in [2.24, 2.45) is 0 Å². The molecule has 2 N–H and O–H groups in total. The maximum Gasteiger partial charge on any atom is 0.326 e. The van der Waals surface area contributed by atoms with Crippen LogP contribution in [0.25, 0.3) is 10.9 Å². The first-order valence-electron chi connectivity index (χ1n) is 7.84. The minimum absolute atomic E-state index is 0.379. The molecule has 1 aromatic heterocycles. The third-order valence-electron chi connectivity index (χ3n) is 4.05. The Balaban J connectivity index is 1.57. The van der Waals surface area contributed by atoms with E-state index >= 15 is 0 Å². The van der Waals surface area contributed by atoms with Gasteiger partial charge >= 0.3 is 5.69 Å². The van der Waals surface area contributed by atoms with Crippen LogP contribution in [0, 0.1) is 0 Å². The topological polar surface area (TPSA) is 78.2 Å². The number of hydrogen-bond donors (Lipinski definition) is 2. The van der Waals surface area contributed by atoms with Crippen LogP contribution in [0.2, 0.25) is 0 Å². The van der Waals surface area contributed by atoms with Gasteiger partial charge in [0.25, 0.3) is 5.56 Å². The average molecular weight is 303 g/mol. The van der Waals surface area contributed by atoms with E-state index in [1.54, 1.807) is 18.2 Å². The molecule has 1 aliphatic rings. The molecule has 1 saturated heterocycles. The summed E-state index contributed by atoms with van der Waals surface area (Å²) in [6.07, 6.45) is 4.92. The van der Waals surface area contributed by atoms with Gasteiger partial charge in [-0.2, -0.15) is 0 Å². The van der Waals surface area contributed by atoms with Crippen molar-refractivity contribution < 1.29 is 4.74 Å². The molecular formula is C16H21N3O3. The molecule has 22 heavy (non-hydrogen) atoms. The van der Waals surface area contributed by atoms with E-state index in [9.17, 15) is 9.59 Å². The van der Waals surface area contributed by atoms with Crippen LogP contribution in [0.3, 0.4) is 0 Å². The summed E-state index contributed by atoms with van der Waals surface area (Å²) < 4.78 is 5.72. The van der Waals surface area contributed by atoms with Crippen LogP contribution in [-0.4, -0.2) is 41.1 Å². The standard InChI is InChI=1S/C16H21N3O3/c20-15-13-6-5-12(11-14(13)17-16(21)18-15)22-10-4-9-19-7-2-1-3-8-19/h5-6,11H,1-4,7-10H2,(H2,17,18,20,21). The van der Waals surface area contributed by atoms with Gasteiger partial charge in [0, 0.05) is 12.6 Å². The monoisotopic (exact) mass is 303 g/mol. The molecule has 1 aromatic carbocycles. The summed E-state index contributed by atoms with van der Waals surface area (Å²) in [5.41, 5.74) is -0.377. The lowest BCUT2D eigenvalue weighted by molar-refractivity contribution is 0.205. The van der Waals surface area contributed by atoms with Gasteiger partial charge in [0.1, 0.15) is 5.75 Å². The van der Waals surface area contributed by atoms with Crippen LogP contribution < -0.4 is 16.0 Å². The largest absolute Gasteiger partial charge is 0.493 e. The number of piperidine rings is 1. The van der Waals surface area contributed by atoms with E-state index in [1.807, 2.05) is 0 Å². The van der Waals surface area contributed by atoms with Gasteiger partial charge in [0.2, 0.25) is 0 Å². The van der Waals surface area contributed by atoms with E-state index in [1.165, 1.54) is 32.4 Å². The zero-order valence-electron chi connectivity index (χ0n) is 12.6. The number of aromatic amines is 2. The number of rotatable bonds is 5. The molecule has 0 amide bonds. The van der Waals surface area contributed by atoms with Gasteiger partial charge in [-0.1, -0.05) is 6.42 Å². The summed E-state index contributed by atoms with van der Waals surface area (Å²) in [5.74, 6) is 0.674. The highest BCUT2D eigenvalue weighted by molar-refractivity contribution is 5.78. The number of nitrogens with one attached hydrogen (secondary N) is 2. The van der Waals surface area contributed by atoms with Crippen molar-refractivity contribution in [2.45, 2.75) is 25.7 Å². The van der Waals surface area contributed by atoms with Crippen molar-refractivity contribution in [3.63, 3.8) is 0 Å². The van der Waals surface area contributed by atoms with E-state index in [-0.39, 0.29) is 5.56 Å². The summed E-state index contributed by atoms with van der Waals surface area (Å²) in [5, 5.41) is 0.459. The number of H-pyrrole nitrogens is 2. The van der Waals surface area contributed by atoms with Gasteiger partial charge in [-0.25, -0.2) is 4.79 Å². The average Bonchev–Trinajstić information content (AvgIpc) is 2.52. The van der Waals surface area contributed by atoms with Crippen molar-refractivity contribution in [1.82, 2.24) is 14.9 Å². The van der Waals surface area contributed by atoms with Gasteiger partial charge in [0.05, 0.1) is 17.5 Å². The lowest BCUT2D eigenvalue weighted by atomic mass is 10.1. The number of hydrogen-bond acceptors (Lipinski definition) is 4. The minimum Gasteiger partial charge on any atom is -0.493 e. The van der Waals surface area contributed by atoms with Crippen LogP contribution in [0.4, 0.5) is 0 Å². The second kappa shape index (κ2) is 6.79. The summed E-state index contributed by atoms with van der Waals surface area (Å²) >= 11 is 0. The second-order valence-electron chi connectivity index (χ2n) is 5.72. The molecule has 6 heteroatoms.